The van der Waals surface area contributed by atoms with Gasteiger partial charge in [-0.2, -0.15) is 5.10 Å². The molecule has 0 N–H and O–H groups in total. The zero-order chi connectivity index (χ0) is 10.2. The molecule has 1 rings (SSSR count). The Labute approximate surface area is 74.8 Å². The molecule has 6 heteroatoms. The largest absolute Gasteiger partial charge is 0.487 e. The molecule has 0 bridgehead atoms. The molecule has 76 valence electrons. The molecule has 1 unspecified atom stereocenters. The van der Waals surface area contributed by atoms with E-state index in [0.717, 1.165) is 6.34 Å². The minimum absolute atomic E-state index is 0.0291. The van der Waals surface area contributed by atoms with Gasteiger partial charge in [-0.25, -0.2) is 0 Å². The second-order valence-corrected chi connectivity index (χ2v) is 3.21. The Morgan fingerprint density at radius 3 is 2.15 bits per heavy atom. The zero-order valence-corrected chi connectivity index (χ0v) is 7.71. The molecule has 0 spiro atoms. The fraction of sp³-hybridized carbons (Fsp3) is 0.857. The third kappa shape index (κ3) is 1.87. The SMILES string of the molecule is CC(C)N1N=CN(C(F)(F)F)C1C. The van der Waals surface area contributed by atoms with Gasteiger partial charge < -0.3 is 0 Å². The van der Waals surface area contributed by atoms with E-state index in [2.05, 4.69) is 5.10 Å². The molecule has 0 aromatic carbocycles. The summed E-state index contributed by atoms with van der Waals surface area (Å²) in [5.74, 6) is 0. The average molecular weight is 195 g/mol. The van der Waals surface area contributed by atoms with Crippen molar-refractivity contribution < 1.29 is 13.2 Å². The predicted octanol–water partition coefficient (Wildman–Crippen LogP) is 1.82. The number of hydrogen-bond donors (Lipinski definition) is 0. The smallest absolute Gasteiger partial charge is 0.271 e. The maximum atomic E-state index is 12.3. The summed E-state index contributed by atoms with van der Waals surface area (Å²) >= 11 is 0. The van der Waals surface area contributed by atoms with E-state index < -0.39 is 12.5 Å². The van der Waals surface area contributed by atoms with Gasteiger partial charge in [0.25, 0.3) is 0 Å². The predicted molar refractivity (Wildman–Crippen MR) is 42.8 cm³/mol. The van der Waals surface area contributed by atoms with Gasteiger partial charge in [-0.3, -0.25) is 9.91 Å². The molecule has 3 nitrogen and oxygen atoms in total. The summed E-state index contributed by atoms with van der Waals surface area (Å²) < 4.78 is 36.8. The van der Waals surface area contributed by atoms with Gasteiger partial charge in [0.15, 0.2) is 0 Å². The van der Waals surface area contributed by atoms with Crippen molar-refractivity contribution in [1.29, 1.82) is 0 Å². The van der Waals surface area contributed by atoms with Crippen LogP contribution in [0.2, 0.25) is 0 Å². The van der Waals surface area contributed by atoms with Crippen LogP contribution in [0.5, 0.6) is 0 Å². The van der Waals surface area contributed by atoms with Gasteiger partial charge >= 0.3 is 6.30 Å². The molecule has 0 amide bonds. The van der Waals surface area contributed by atoms with Crippen LogP contribution >= 0.6 is 0 Å². The van der Waals surface area contributed by atoms with Crippen molar-refractivity contribution in [2.45, 2.75) is 39.3 Å². The monoisotopic (exact) mass is 195 g/mol. The summed E-state index contributed by atoms with van der Waals surface area (Å²) in [5.41, 5.74) is 0. The van der Waals surface area contributed by atoms with E-state index in [4.69, 9.17) is 0 Å². The van der Waals surface area contributed by atoms with Gasteiger partial charge in [0.05, 0.1) is 0 Å². The minimum atomic E-state index is -4.34. The molecular weight excluding hydrogens is 183 g/mol. The standard InChI is InChI=1S/C7H12F3N3/c1-5(2)13-6(3)12(4-11-13)7(8,9)10/h4-6H,1-3H3. The molecule has 1 aliphatic rings. The highest BCUT2D eigenvalue weighted by molar-refractivity contribution is 5.57. The third-order valence-corrected chi connectivity index (χ3v) is 1.92. The number of halogens is 3. The molecular formula is C7H12F3N3. The second-order valence-electron chi connectivity index (χ2n) is 3.21. The van der Waals surface area contributed by atoms with Crippen LogP contribution in [-0.4, -0.2) is 34.8 Å². The molecule has 0 radical (unpaired) electrons. The Bertz CT molecular complexity index is 212. The third-order valence-electron chi connectivity index (χ3n) is 1.92. The first-order chi connectivity index (χ1) is 5.84. The van der Waals surface area contributed by atoms with Gasteiger partial charge in [0.1, 0.15) is 12.5 Å². The summed E-state index contributed by atoms with van der Waals surface area (Å²) in [6, 6.07) is -0.0291. The Hall–Kier alpha value is -0.940. The van der Waals surface area contributed by atoms with E-state index >= 15 is 0 Å². The fourth-order valence-corrected chi connectivity index (χ4v) is 1.28. The molecule has 13 heavy (non-hydrogen) atoms. The molecule has 0 aromatic rings. The van der Waals surface area contributed by atoms with Crippen molar-refractivity contribution in [3.8, 4) is 0 Å². The van der Waals surface area contributed by atoms with Crippen LogP contribution in [0.25, 0.3) is 0 Å². The summed E-state index contributed by atoms with van der Waals surface area (Å²) in [6.07, 6.45) is -4.27. The van der Waals surface area contributed by atoms with E-state index in [9.17, 15) is 13.2 Å². The fourth-order valence-electron chi connectivity index (χ4n) is 1.28. The zero-order valence-electron chi connectivity index (χ0n) is 7.71. The van der Waals surface area contributed by atoms with Crippen molar-refractivity contribution in [3.63, 3.8) is 0 Å². The number of hydrogen-bond acceptors (Lipinski definition) is 3. The number of rotatable bonds is 1. The molecule has 1 atom stereocenters. The van der Waals surface area contributed by atoms with Crippen LogP contribution in [-0.2, 0) is 0 Å². The molecule has 0 aromatic heterocycles. The first kappa shape index (κ1) is 10.1. The van der Waals surface area contributed by atoms with Crippen LogP contribution in [0.4, 0.5) is 13.2 Å². The van der Waals surface area contributed by atoms with Gasteiger partial charge in [0, 0.05) is 6.04 Å². The highest BCUT2D eigenvalue weighted by Crippen LogP contribution is 2.27. The molecule has 0 aliphatic carbocycles. The van der Waals surface area contributed by atoms with Crippen LogP contribution in [0.1, 0.15) is 20.8 Å². The number of alkyl halides is 3. The molecule has 0 fully saturated rings. The summed E-state index contributed by atoms with van der Waals surface area (Å²) in [4.78, 5) is 0.285. The molecule has 1 heterocycles. The van der Waals surface area contributed by atoms with Crippen LogP contribution in [0.3, 0.4) is 0 Å². The normalized spacial score (nSPS) is 23.5. The number of nitrogens with zero attached hydrogens (tertiary/aromatic N) is 3. The quantitative estimate of drug-likeness (QED) is 0.594. The van der Waals surface area contributed by atoms with E-state index in [0.29, 0.717) is 0 Å². The van der Waals surface area contributed by atoms with Crippen LogP contribution < -0.4 is 0 Å². The lowest BCUT2D eigenvalue weighted by molar-refractivity contribution is -0.234. The summed E-state index contributed by atoms with van der Waals surface area (Å²) in [7, 11) is 0. The molecule has 1 aliphatic heterocycles. The highest BCUT2D eigenvalue weighted by Gasteiger charge is 2.43. The Kier molecular flexibility index (Phi) is 2.40. The lowest BCUT2D eigenvalue weighted by Crippen LogP contribution is -2.47. The van der Waals surface area contributed by atoms with Crippen molar-refractivity contribution in [2.24, 2.45) is 5.10 Å². The topological polar surface area (TPSA) is 18.8 Å². The molecule has 0 saturated heterocycles. The first-order valence-corrected chi connectivity index (χ1v) is 4.01. The lowest BCUT2D eigenvalue weighted by atomic mass is 10.3. The van der Waals surface area contributed by atoms with Crippen molar-refractivity contribution in [1.82, 2.24) is 9.91 Å². The first-order valence-electron chi connectivity index (χ1n) is 4.01. The van der Waals surface area contributed by atoms with E-state index in [-0.39, 0.29) is 10.9 Å². The Morgan fingerprint density at radius 2 is 1.92 bits per heavy atom. The number of hydrazone groups is 1. The van der Waals surface area contributed by atoms with E-state index in [1.807, 2.05) is 0 Å². The Balaban J connectivity index is 2.72. The maximum absolute atomic E-state index is 12.3. The van der Waals surface area contributed by atoms with E-state index in [1.165, 1.54) is 11.9 Å². The lowest BCUT2D eigenvalue weighted by Gasteiger charge is -2.30. The Morgan fingerprint density at radius 1 is 1.38 bits per heavy atom. The van der Waals surface area contributed by atoms with Crippen molar-refractivity contribution in [2.75, 3.05) is 0 Å². The summed E-state index contributed by atoms with van der Waals surface area (Å²) in [6.45, 7) is 5.07. The van der Waals surface area contributed by atoms with Crippen molar-refractivity contribution in [3.05, 3.63) is 0 Å². The van der Waals surface area contributed by atoms with Crippen LogP contribution in [0, 0.1) is 0 Å². The van der Waals surface area contributed by atoms with E-state index in [1.54, 1.807) is 13.8 Å². The van der Waals surface area contributed by atoms with Gasteiger partial charge in [-0.1, -0.05) is 0 Å². The highest BCUT2D eigenvalue weighted by atomic mass is 19.4. The molecule has 0 saturated carbocycles. The van der Waals surface area contributed by atoms with Gasteiger partial charge in [-0.05, 0) is 20.8 Å². The van der Waals surface area contributed by atoms with Crippen LogP contribution in [0.15, 0.2) is 5.10 Å². The van der Waals surface area contributed by atoms with Gasteiger partial charge in [-0.15, -0.1) is 13.2 Å². The minimum Gasteiger partial charge on any atom is -0.271 e. The average Bonchev–Trinajstić information content (AvgIpc) is 2.28. The second kappa shape index (κ2) is 3.08. The van der Waals surface area contributed by atoms with Crippen molar-refractivity contribution >= 4 is 6.34 Å². The van der Waals surface area contributed by atoms with Gasteiger partial charge in [0.2, 0.25) is 0 Å². The maximum Gasteiger partial charge on any atom is 0.487 e. The summed E-state index contributed by atoms with van der Waals surface area (Å²) in [5, 5.41) is 5.09.